The van der Waals surface area contributed by atoms with Gasteiger partial charge in [-0.05, 0) is 24.8 Å². The van der Waals surface area contributed by atoms with Gasteiger partial charge in [0.1, 0.15) is 0 Å². The minimum Gasteiger partial charge on any atom is -0.396 e. The van der Waals surface area contributed by atoms with Crippen molar-refractivity contribution in [3.63, 3.8) is 0 Å². The normalized spacial score (nSPS) is 9.64. The first-order valence-corrected chi connectivity index (χ1v) is 4.06. The zero-order chi connectivity index (χ0) is 8.69. The van der Waals surface area contributed by atoms with E-state index in [0.717, 1.165) is 24.8 Å². The molecule has 0 bridgehead atoms. The van der Waals surface area contributed by atoms with Crippen LogP contribution in [-0.2, 0) is 0 Å². The molecule has 3 nitrogen and oxygen atoms in total. The van der Waals surface area contributed by atoms with Gasteiger partial charge in [-0.15, -0.1) is 0 Å². The summed E-state index contributed by atoms with van der Waals surface area (Å²) >= 11 is 0. The standard InChI is InChI=1S/C8H18N2O/c1-2-3-4-7(5-6-11)8(9)10/h11H,2-6,9-10H2,1H3. The number of hydrogen-bond acceptors (Lipinski definition) is 3. The monoisotopic (exact) mass is 158 g/mol. The average molecular weight is 158 g/mol. The van der Waals surface area contributed by atoms with E-state index in [4.69, 9.17) is 16.6 Å². The first-order chi connectivity index (χ1) is 5.22. The Bertz CT molecular complexity index is 128. The molecule has 5 N–H and O–H groups in total. The fourth-order valence-electron chi connectivity index (χ4n) is 0.939. The third-order valence-electron chi connectivity index (χ3n) is 1.65. The van der Waals surface area contributed by atoms with Gasteiger partial charge in [0.2, 0.25) is 0 Å². The van der Waals surface area contributed by atoms with Crippen LogP contribution in [-0.4, -0.2) is 11.7 Å². The highest BCUT2D eigenvalue weighted by molar-refractivity contribution is 5.07. The summed E-state index contributed by atoms with van der Waals surface area (Å²) in [5.74, 6) is 0.382. The van der Waals surface area contributed by atoms with Gasteiger partial charge >= 0.3 is 0 Å². The van der Waals surface area contributed by atoms with Gasteiger partial charge in [-0.3, -0.25) is 0 Å². The molecule has 0 atom stereocenters. The lowest BCUT2D eigenvalue weighted by Crippen LogP contribution is -2.13. The molecule has 0 aliphatic carbocycles. The number of unbranched alkanes of at least 4 members (excludes halogenated alkanes) is 1. The second-order valence-electron chi connectivity index (χ2n) is 2.64. The van der Waals surface area contributed by atoms with Crippen LogP contribution in [0.5, 0.6) is 0 Å². The van der Waals surface area contributed by atoms with Gasteiger partial charge in [0.25, 0.3) is 0 Å². The largest absolute Gasteiger partial charge is 0.396 e. The molecule has 0 saturated carbocycles. The first-order valence-electron chi connectivity index (χ1n) is 4.06. The number of nitrogens with two attached hydrogens (primary N) is 2. The molecule has 3 heteroatoms. The van der Waals surface area contributed by atoms with Gasteiger partial charge in [-0.25, -0.2) is 0 Å². The lowest BCUT2D eigenvalue weighted by Gasteiger charge is -2.06. The molecule has 0 rings (SSSR count). The van der Waals surface area contributed by atoms with Crippen LogP contribution < -0.4 is 11.5 Å². The van der Waals surface area contributed by atoms with Crippen molar-refractivity contribution in [2.75, 3.05) is 6.61 Å². The Labute approximate surface area is 68.1 Å². The van der Waals surface area contributed by atoms with Gasteiger partial charge in [0.05, 0.1) is 5.82 Å². The molecule has 0 spiro atoms. The van der Waals surface area contributed by atoms with Crippen molar-refractivity contribution >= 4 is 0 Å². The van der Waals surface area contributed by atoms with Crippen molar-refractivity contribution in [1.82, 2.24) is 0 Å². The van der Waals surface area contributed by atoms with Gasteiger partial charge in [0, 0.05) is 6.61 Å². The minimum atomic E-state index is 0.136. The number of hydrogen-bond donors (Lipinski definition) is 3. The van der Waals surface area contributed by atoms with E-state index in [-0.39, 0.29) is 6.61 Å². The van der Waals surface area contributed by atoms with E-state index in [1.54, 1.807) is 0 Å². The lowest BCUT2D eigenvalue weighted by molar-refractivity contribution is 0.297. The summed E-state index contributed by atoms with van der Waals surface area (Å²) < 4.78 is 0. The van der Waals surface area contributed by atoms with Crippen molar-refractivity contribution in [2.45, 2.75) is 32.6 Å². The number of aliphatic hydroxyl groups is 1. The molecule has 0 aromatic rings. The molecular weight excluding hydrogens is 140 g/mol. The molecule has 0 amide bonds. The third kappa shape index (κ3) is 4.67. The quantitative estimate of drug-likeness (QED) is 0.551. The van der Waals surface area contributed by atoms with E-state index in [2.05, 4.69) is 6.92 Å². The van der Waals surface area contributed by atoms with Crippen molar-refractivity contribution in [3.8, 4) is 0 Å². The van der Waals surface area contributed by atoms with Crippen LogP contribution >= 0.6 is 0 Å². The molecule has 0 heterocycles. The SMILES string of the molecule is CCCCC(CCO)=C(N)N. The molecule has 0 saturated heterocycles. The highest BCUT2D eigenvalue weighted by Crippen LogP contribution is 2.10. The van der Waals surface area contributed by atoms with Crippen LogP contribution in [0.3, 0.4) is 0 Å². The fourth-order valence-corrected chi connectivity index (χ4v) is 0.939. The Balaban J connectivity index is 3.81. The maximum absolute atomic E-state index is 8.64. The third-order valence-corrected chi connectivity index (χ3v) is 1.65. The zero-order valence-corrected chi connectivity index (χ0v) is 7.14. The van der Waals surface area contributed by atoms with Crippen molar-refractivity contribution in [3.05, 3.63) is 11.4 Å². The van der Waals surface area contributed by atoms with Crippen LogP contribution in [0.2, 0.25) is 0 Å². The maximum Gasteiger partial charge on any atom is 0.0926 e. The Morgan fingerprint density at radius 1 is 1.27 bits per heavy atom. The Morgan fingerprint density at radius 2 is 1.91 bits per heavy atom. The Hall–Kier alpha value is -0.700. The topological polar surface area (TPSA) is 72.3 Å². The lowest BCUT2D eigenvalue weighted by atomic mass is 10.1. The van der Waals surface area contributed by atoms with E-state index < -0.39 is 0 Å². The smallest absolute Gasteiger partial charge is 0.0926 e. The summed E-state index contributed by atoms with van der Waals surface area (Å²) in [4.78, 5) is 0. The summed E-state index contributed by atoms with van der Waals surface area (Å²) in [7, 11) is 0. The van der Waals surface area contributed by atoms with E-state index in [1.165, 1.54) is 0 Å². The zero-order valence-electron chi connectivity index (χ0n) is 7.14. The molecule has 0 aromatic carbocycles. The van der Waals surface area contributed by atoms with Crippen LogP contribution in [0, 0.1) is 0 Å². The predicted octanol–water partition coefficient (Wildman–Crippen LogP) is 0.688. The number of rotatable bonds is 5. The van der Waals surface area contributed by atoms with E-state index in [9.17, 15) is 0 Å². The van der Waals surface area contributed by atoms with E-state index in [0.29, 0.717) is 12.2 Å². The fraction of sp³-hybridized carbons (Fsp3) is 0.750. The highest BCUT2D eigenvalue weighted by atomic mass is 16.2. The first kappa shape index (κ1) is 10.3. The maximum atomic E-state index is 8.64. The second-order valence-corrected chi connectivity index (χ2v) is 2.64. The molecule has 0 aliphatic rings. The van der Waals surface area contributed by atoms with Crippen LogP contribution in [0.4, 0.5) is 0 Å². The Kier molecular flexibility index (Phi) is 5.65. The highest BCUT2D eigenvalue weighted by Gasteiger charge is 1.99. The van der Waals surface area contributed by atoms with Crippen LogP contribution in [0.1, 0.15) is 32.6 Å². The number of aliphatic hydroxyl groups excluding tert-OH is 1. The van der Waals surface area contributed by atoms with Gasteiger partial charge in [-0.1, -0.05) is 13.3 Å². The Morgan fingerprint density at radius 3 is 2.27 bits per heavy atom. The van der Waals surface area contributed by atoms with Gasteiger partial charge < -0.3 is 16.6 Å². The minimum absolute atomic E-state index is 0.136. The molecular formula is C8H18N2O. The second kappa shape index (κ2) is 6.04. The molecule has 0 radical (unpaired) electrons. The summed E-state index contributed by atoms with van der Waals surface area (Å²) in [6.45, 7) is 2.25. The van der Waals surface area contributed by atoms with E-state index in [1.807, 2.05) is 0 Å². The summed E-state index contributed by atoms with van der Waals surface area (Å²) in [5.41, 5.74) is 11.8. The molecule has 66 valence electrons. The average Bonchev–Trinajstić information content (AvgIpc) is 1.97. The molecule has 0 aromatic heterocycles. The molecule has 0 aliphatic heterocycles. The van der Waals surface area contributed by atoms with Crippen LogP contribution in [0.25, 0.3) is 0 Å². The summed E-state index contributed by atoms with van der Waals surface area (Å²) in [5, 5.41) is 8.64. The molecule has 11 heavy (non-hydrogen) atoms. The predicted molar refractivity (Wildman–Crippen MR) is 46.6 cm³/mol. The van der Waals surface area contributed by atoms with E-state index >= 15 is 0 Å². The summed E-state index contributed by atoms with van der Waals surface area (Å²) in [6.07, 6.45) is 3.75. The van der Waals surface area contributed by atoms with Crippen molar-refractivity contribution in [2.24, 2.45) is 11.5 Å². The van der Waals surface area contributed by atoms with Gasteiger partial charge in [-0.2, -0.15) is 0 Å². The van der Waals surface area contributed by atoms with Crippen molar-refractivity contribution < 1.29 is 5.11 Å². The summed E-state index contributed by atoms with van der Waals surface area (Å²) in [6, 6.07) is 0. The van der Waals surface area contributed by atoms with Crippen LogP contribution in [0.15, 0.2) is 11.4 Å². The molecule has 0 fully saturated rings. The van der Waals surface area contributed by atoms with Gasteiger partial charge in [0.15, 0.2) is 0 Å². The van der Waals surface area contributed by atoms with Crippen molar-refractivity contribution in [1.29, 1.82) is 0 Å². The molecule has 0 unspecified atom stereocenters.